The van der Waals surface area contributed by atoms with Gasteiger partial charge in [0.15, 0.2) is 6.10 Å². The topological polar surface area (TPSA) is 87.0 Å². The first kappa shape index (κ1) is 21.9. The molecule has 2 spiro atoms. The fourth-order valence-corrected chi connectivity index (χ4v) is 11.4. The minimum absolute atomic E-state index is 0.0315. The van der Waals surface area contributed by atoms with Crippen molar-refractivity contribution < 1.29 is 24.9 Å². The van der Waals surface area contributed by atoms with Gasteiger partial charge in [0.1, 0.15) is 0 Å². The van der Waals surface area contributed by atoms with Gasteiger partial charge in [-0.3, -0.25) is 0 Å². The lowest BCUT2D eigenvalue weighted by Crippen LogP contribution is -2.59. The second-order valence-corrected chi connectivity index (χ2v) is 13.9. The molecule has 0 amide bonds. The third-order valence-corrected chi connectivity index (χ3v) is 13.1. The minimum Gasteiger partial charge on any atom is -0.479 e. The van der Waals surface area contributed by atoms with Gasteiger partial charge >= 0.3 is 5.97 Å². The lowest BCUT2D eigenvalue weighted by atomic mass is 9.41. The fraction of sp³-hybridized carbons (Fsp3) is 0.963. The van der Waals surface area contributed by atoms with E-state index in [1.54, 1.807) is 0 Å². The molecule has 32 heavy (non-hydrogen) atoms. The highest BCUT2D eigenvalue weighted by atomic mass is 16.5. The van der Waals surface area contributed by atoms with Gasteiger partial charge in [-0.15, -0.1) is 0 Å². The summed E-state index contributed by atoms with van der Waals surface area (Å²) in [6.45, 7) is 11.5. The van der Waals surface area contributed by atoms with Crippen LogP contribution in [0.15, 0.2) is 0 Å². The molecule has 6 rings (SSSR count). The quantitative estimate of drug-likeness (QED) is 0.561. The van der Waals surface area contributed by atoms with Crippen LogP contribution in [-0.2, 0) is 9.53 Å². The summed E-state index contributed by atoms with van der Waals surface area (Å²) in [5.74, 6) is 0.575. The molecule has 0 bridgehead atoms. The van der Waals surface area contributed by atoms with Crippen molar-refractivity contribution in [2.75, 3.05) is 0 Å². The van der Waals surface area contributed by atoms with Gasteiger partial charge in [0.25, 0.3) is 0 Å². The standard InChI is InChI=1S/C27H42O5/c1-14-12-15(22(30)31)32-20-19(14)24(4)10-11-27-13-26(27)9-8-18(28)23(2,3)16(26)6-7-17(27)25(24,5)21(20)29/h14-21,28-29H,6-13H2,1-5H3,(H,30,31)/t14-,15?,16+,17+,18+,19?,20?,21+,24-,25-,26-,27?/m1/s1. The molecule has 1 saturated heterocycles. The highest BCUT2D eigenvalue weighted by Gasteiger charge is 2.84. The van der Waals surface area contributed by atoms with Crippen molar-refractivity contribution in [3.05, 3.63) is 0 Å². The third kappa shape index (κ3) is 2.13. The zero-order valence-electron chi connectivity index (χ0n) is 20.4. The zero-order chi connectivity index (χ0) is 23.1. The van der Waals surface area contributed by atoms with E-state index in [0.29, 0.717) is 23.7 Å². The molecule has 5 saturated carbocycles. The van der Waals surface area contributed by atoms with E-state index in [-0.39, 0.29) is 45.7 Å². The first-order chi connectivity index (χ1) is 14.9. The Kier molecular flexibility index (Phi) is 4.18. The molecule has 4 unspecified atom stereocenters. The number of hydrogen-bond donors (Lipinski definition) is 3. The van der Waals surface area contributed by atoms with Gasteiger partial charge < -0.3 is 20.1 Å². The lowest BCUT2D eigenvalue weighted by Gasteiger charge is -2.63. The van der Waals surface area contributed by atoms with E-state index in [2.05, 4.69) is 34.6 Å². The molecule has 12 atom stereocenters. The normalized spacial score (nSPS) is 62.1. The molecular formula is C27H42O5. The van der Waals surface area contributed by atoms with Crippen LogP contribution in [0.3, 0.4) is 0 Å². The molecular weight excluding hydrogens is 404 g/mol. The van der Waals surface area contributed by atoms with Crippen molar-refractivity contribution >= 4 is 5.97 Å². The summed E-state index contributed by atoms with van der Waals surface area (Å²) in [4.78, 5) is 11.8. The number of carboxylic acids is 1. The van der Waals surface area contributed by atoms with Crippen molar-refractivity contribution in [2.45, 2.75) is 110 Å². The number of aliphatic hydroxyl groups is 2. The molecule has 6 aliphatic rings. The van der Waals surface area contributed by atoms with Gasteiger partial charge in [-0.1, -0.05) is 34.6 Å². The van der Waals surface area contributed by atoms with E-state index in [9.17, 15) is 20.1 Å². The maximum absolute atomic E-state index is 11.9. The maximum Gasteiger partial charge on any atom is 0.332 e. The summed E-state index contributed by atoms with van der Waals surface area (Å²) < 4.78 is 6.17. The van der Waals surface area contributed by atoms with Gasteiger partial charge in [-0.05, 0) is 96.7 Å². The second kappa shape index (κ2) is 6.12. The molecule has 0 aromatic rings. The molecule has 5 heteroatoms. The number of carbonyl (C=O) groups is 1. The van der Waals surface area contributed by atoms with Crippen molar-refractivity contribution in [1.29, 1.82) is 0 Å². The van der Waals surface area contributed by atoms with E-state index >= 15 is 0 Å². The van der Waals surface area contributed by atoms with Crippen molar-refractivity contribution in [3.63, 3.8) is 0 Å². The Bertz CT molecular complexity index is 855. The molecule has 0 aromatic heterocycles. The number of aliphatic carboxylic acids is 1. The van der Waals surface area contributed by atoms with Crippen molar-refractivity contribution in [1.82, 2.24) is 0 Å². The average Bonchev–Trinajstić information content (AvgIpc) is 3.36. The van der Waals surface area contributed by atoms with Crippen LogP contribution in [0.1, 0.15) is 86.0 Å². The first-order valence-electron chi connectivity index (χ1n) is 13.1. The van der Waals surface area contributed by atoms with E-state index in [1.165, 1.54) is 12.8 Å². The van der Waals surface area contributed by atoms with Crippen LogP contribution in [0.4, 0.5) is 0 Å². The van der Waals surface area contributed by atoms with Crippen molar-refractivity contribution in [3.8, 4) is 0 Å². The Morgan fingerprint density at radius 3 is 2.28 bits per heavy atom. The highest BCUT2D eigenvalue weighted by Crippen LogP contribution is 2.89. The summed E-state index contributed by atoms with van der Waals surface area (Å²) in [5.41, 5.74) is 0.286. The molecule has 3 N–H and O–H groups in total. The van der Waals surface area contributed by atoms with Gasteiger partial charge in [-0.2, -0.15) is 0 Å². The molecule has 1 aliphatic heterocycles. The van der Waals surface area contributed by atoms with Crippen LogP contribution >= 0.6 is 0 Å². The number of rotatable bonds is 1. The number of carboxylic acid groups (broad SMARTS) is 1. The Morgan fingerprint density at radius 1 is 0.938 bits per heavy atom. The van der Waals surface area contributed by atoms with E-state index < -0.39 is 18.2 Å². The van der Waals surface area contributed by atoms with E-state index in [1.807, 2.05) is 0 Å². The Labute approximate surface area is 192 Å². The average molecular weight is 447 g/mol. The van der Waals surface area contributed by atoms with Crippen molar-refractivity contribution in [2.24, 2.45) is 50.7 Å². The van der Waals surface area contributed by atoms with Crippen LogP contribution in [-0.4, -0.2) is 45.7 Å². The van der Waals surface area contributed by atoms with Gasteiger partial charge in [0.05, 0.1) is 18.3 Å². The van der Waals surface area contributed by atoms with E-state index in [4.69, 9.17) is 4.74 Å². The van der Waals surface area contributed by atoms with Crippen LogP contribution in [0.2, 0.25) is 0 Å². The van der Waals surface area contributed by atoms with Crippen LogP contribution in [0, 0.1) is 50.7 Å². The summed E-state index contributed by atoms with van der Waals surface area (Å²) in [6, 6.07) is 0. The molecule has 6 fully saturated rings. The number of ether oxygens (including phenoxy) is 1. The summed E-state index contributed by atoms with van der Waals surface area (Å²) in [5, 5.41) is 32.4. The zero-order valence-corrected chi connectivity index (χ0v) is 20.4. The Balaban J connectivity index is 1.40. The van der Waals surface area contributed by atoms with Crippen LogP contribution in [0.25, 0.3) is 0 Å². The smallest absolute Gasteiger partial charge is 0.332 e. The third-order valence-electron chi connectivity index (χ3n) is 13.1. The number of fused-ring (bicyclic) bond motifs is 4. The lowest BCUT2D eigenvalue weighted by molar-refractivity contribution is -0.183. The highest BCUT2D eigenvalue weighted by molar-refractivity contribution is 5.72. The first-order valence-corrected chi connectivity index (χ1v) is 13.1. The molecule has 5 nitrogen and oxygen atoms in total. The largest absolute Gasteiger partial charge is 0.479 e. The molecule has 1 heterocycles. The SMILES string of the molecule is C[C@@H]1CC(C(=O)O)OC2C1[C@@]1(C)CCC34C[C@@]35CC[C@H](O)C(C)(C)[C@@H]5CC[C@H]4[C@]1(C)[C@H]2O. The molecule has 180 valence electrons. The number of aliphatic hydroxyl groups excluding tert-OH is 2. The summed E-state index contributed by atoms with van der Waals surface area (Å²) in [7, 11) is 0. The van der Waals surface area contributed by atoms with Crippen LogP contribution < -0.4 is 0 Å². The predicted octanol–water partition coefficient (Wildman–Crippen LogP) is 4.25. The molecule has 0 aromatic carbocycles. The maximum atomic E-state index is 11.9. The fourth-order valence-electron chi connectivity index (χ4n) is 11.4. The number of hydrogen-bond acceptors (Lipinski definition) is 4. The molecule has 0 radical (unpaired) electrons. The Hall–Kier alpha value is -0.650. The van der Waals surface area contributed by atoms with E-state index in [0.717, 1.165) is 32.1 Å². The second-order valence-electron chi connectivity index (χ2n) is 13.9. The Morgan fingerprint density at radius 2 is 1.59 bits per heavy atom. The van der Waals surface area contributed by atoms with Gasteiger partial charge in [0.2, 0.25) is 0 Å². The van der Waals surface area contributed by atoms with Gasteiger partial charge in [-0.25, -0.2) is 4.79 Å². The van der Waals surface area contributed by atoms with Gasteiger partial charge in [0, 0.05) is 5.41 Å². The predicted molar refractivity (Wildman–Crippen MR) is 120 cm³/mol. The summed E-state index contributed by atoms with van der Waals surface area (Å²) in [6.07, 6.45) is 6.41. The molecule has 5 aliphatic carbocycles. The summed E-state index contributed by atoms with van der Waals surface area (Å²) >= 11 is 0. The van der Waals surface area contributed by atoms with Crippen LogP contribution in [0.5, 0.6) is 0 Å². The monoisotopic (exact) mass is 446 g/mol. The minimum atomic E-state index is -0.895.